The van der Waals surface area contributed by atoms with E-state index in [4.69, 9.17) is 4.74 Å². The molecule has 0 aromatic rings. The van der Waals surface area contributed by atoms with Crippen LogP contribution < -0.4 is 0 Å². The molecule has 0 aliphatic heterocycles. The van der Waals surface area contributed by atoms with Crippen molar-refractivity contribution >= 4 is 11.8 Å². The van der Waals surface area contributed by atoms with Crippen molar-refractivity contribution in [1.29, 1.82) is 0 Å². The van der Waals surface area contributed by atoms with Gasteiger partial charge in [0.2, 0.25) is 0 Å². The minimum atomic E-state index is 0.619. The van der Waals surface area contributed by atoms with Gasteiger partial charge in [-0.1, -0.05) is 65.5 Å². The van der Waals surface area contributed by atoms with Crippen LogP contribution in [0.15, 0.2) is 37.0 Å². The van der Waals surface area contributed by atoms with Gasteiger partial charge in [-0.3, -0.25) is 0 Å². The molecule has 0 aromatic heterocycles. The van der Waals surface area contributed by atoms with Crippen LogP contribution in [0.1, 0.15) is 40.5 Å². The largest absolute Gasteiger partial charge is 0.381 e. The van der Waals surface area contributed by atoms with Crippen LogP contribution in [0.2, 0.25) is 0 Å². The Bertz CT molecular complexity index is 233. The predicted molar refractivity (Wildman–Crippen MR) is 92.0 cm³/mol. The van der Waals surface area contributed by atoms with Gasteiger partial charge in [-0.15, -0.1) is 0 Å². The summed E-state index contributed by atoms with van der Waals surface area (Å²) < 4.78 is 5.60. The maximum Gasteiger partial charge on any atom is 0.0499 e. The van der Waals surface area contributed by atoms with Crippen LogP contribution in [0.3, 0.4) is 0 Å². The van der Waals surface area contributed by atoms with Crippen LogP contribution in [-0.4, -0.2) is 24.7 Å². The summed E-state index contributed by atoms with van der Waals surface area (Å²) in [7, 11) is 0. The van der Waals surface area contributed by atoms with E-state index >= 15 is 0 Å². The molecule has 0 bridgehead atoms. The van der Waals surface area contributed by atoms with Crippen molar-refractivity contribution < 1.29 is 4.74 Å². The second kappa shape index (κ2) is 17.5. The van der Waals surface area contributed by atoms with Crippen LogP contribution in [0.4, 0.5) is 0 Å². The summed E-state index contributed by atoms with van der Waals surface area (Å²) in [6, 6.07) is 0. The van der Waals surface area contributed by atoms with Gasteiger partial charge in [-0.2, -0.15) is 11.8 Å². The Morgan fingerprint density at radius 3 is 2.63 bits per heavy atom. The average molecular weight is 285 g/mol. The number of ether oxygens (including phenoxy) is 1. The Morgan fingerprint density at radius 2 is 2.05 bits per heavy atom. The zero-order valence-electron chi connectivity index (χ0n) is 13.3. The van der Waals surface area contributed by atoms with Crippen molar-refractivity contribution in [2.75, 3.05) is 24.7 Å². The highest BCUT2D eigenvalue weighted by molar-refractivity contribution is 7.99. The fraction of sp³-hybridized carbons (Fsp3) is 0.647. The molecule has 0 saturated carbocycles. The molecule has 0 spiro atoms. The topological polar surface area (TPSA) is 9.23 Å². The van der Waals surface area contributed by atoms with Gasteiger partial charge in [-0.05, 0) is 23.7 Å². The first kappa shape index (κ1) is 20.8. The van der Waals surface area contributed by atoms with E-state index in [2.05, 4.69) is 27.0 Å². The molecule has 1 nitrogen and oxygen atoms in total. The van der Waals surface area contributed by atoms with Crippen LogP contribution in [0, 0.1) is 5.92 Å². The Labute approximate surface area is 125 Å². The lowest BCUT2D eigenvalue weighted by molar-refractivity contribution is 0.109. The first-order valence-corrected chi connectivity index (χ1v) is 8.48. The third-order valence-corrected chi connectivity index (χ3v) is 3.58. The molecule has 2 heteroatoms. The quantitative estimate of drug-likeness (QED) is 0.366. The second-order valence-electron chi connectivity index (χ2n) is 4.30. The SMILES string of the molecule is C=C/C=C\C(=C)CSCC(C)COCCCC.CC. The number of unbranched alkanes of at least 4 members (excludes halogenated alkanes) is 1. The van der Waals surface area contributed by atoms with Gasteiger partial charge >= 0.3 is 0 Å². The highest BCUT2D eigenvalue weighted by Crippen LogP contribution is 2.12. The third-order valence-electron chi connectivity index (χ3n) is 2.20. The Morgan fingerprint density at radius 1 is 1.37 bits per heavy atom. The summed E-state index contributed by atoms with van der Waals surface area (Å²) in [5.41, 5.74) is 1.15. The molecule has 0 aliphatic rings. The normalized spacial score (nSPS) is 11.8. The molecule has 0 saturated heterocycles. The van der Waals surface area contributed by atoms with Gasteiger partial charge < -0.3 is 4.74 Å². The maximum absolute atomic E-state index is 5.60. The Kier molecular flexibility index (Phi) is 19.2. The van der Waals surface area contributed by atoms with E-state index in [9.17, 15) is 0 Å². The number of allylic oxidation sites excluding steroid dienone is 3. The van der Waals surface area contributed by atoms with Crippen molar-refractivity contribution in [2.24, 2.45) is 5.92 Å². The molecule has 0 heterocycles. The maximum atomic E-state index is 5.60. The zero-order valence-corrected chi connectivity index (χ0v) is 14.1. The number of hydrogen-bond donors (Lipinski definition) is 0. The first-order chi connectivity index (χ1) is 9.20. The summed E-state index contributed by atoms with van der Waals surface area (Å²) in [6.07, 6.45) is 8.10. The monoisotopic (exact) mass is 284 g/mol. The van der Waals surface area contributed by atoms with Crippen LogP contribution in [0.5, 0.6) is 0 Å². The van der Waals surface area contributed by atoms with Crippen molar-refractivity contribution in [2.45, 2.75) is 40.5 Å². The van der Waals surface area contributed by atoms with Crippen molar-refractivity contribution in [3.05, 3.63) is 37.0 Å². The predicted octanol–water partition coefficient (Wildman–Crippen LogP) is 5.50. The van der Waals surface area contributed by atoms with E-state index in [1.54, 1.807) is 6.08 Å². The third kappa shape index (κ3) is 17.5. The number of rotatable bonds is 11. The van der Waals surface area contributed by atoms with Crippen LogP contribution in [-0.2, 0) is 4.74 Å². The molecule has 0 rings (SSSR count). The molecule has 1 unspecified atom stereocenters. The molecule has 0 aliphatic carbocycles. The molecule has 19 heavy (non-hydrogen) atoms. The lowest BCUT2D eigenvalue weighted by atomic mass is 10.2. The molecule has 0 radical (unpaired) electrons. The fourth-order valence-corrected chi connectivity index (χ4v) is 2.20. The van der Waals surface area contributed by atoms with Gasteiger partial charge in [0.25, 0.3) is 0 Å². The summed E-state index contributed by atoms with van der Waals surface area (Å²) in [4.78, 5) is 0. The first-order valence-electron chi connectivity index (χ1n) is 7.33. The van der Waals surface area contributed by atoms with Crippen LogP contribution >= 0.6 is 11.8 Å². The molecule has 0 N–H and O–H groups in total. The Hall–Kier alpha value is -0.470. The summed E-state index contributed by atoms with van der Waals surface area (Å²) in [5.74, 6) is 2.74. The minimum absolute atomic E-state index is 0.619. The molecule has 1 atom stereocenters. The lowest BCUT2D eigenvalue weighted by Gasteiger charge is -2.11. The zero-order chi connectivity index (χ0) is 14.9. The van der Waals surface area contributed by atoms with Gasteiger partial charge in [0.1, 0.15) is 0 Å². The Balaban J connectivity index is 0. The second-order valence-corrected chi connectivity index (χ2v) is 5.33. The summed E-state index contributed by atoms with van der Waals surface area (Å²) >= 11 is 1.92. The van der Waals surface area contributed by atoms with E-state index in [0.29, 0.717) is 5.92 Å². The summed E-state index contributed by atoms with van der Waals surface area (Å²) in [5, 5.41) is 0. The van der Waals surface area contributed by atoms with Gasteiger partial charge in [0.05, 0.1) is 0 Å². The fourth-order valence-electron chi connectivity index (χ4n) is 1.22. The van der Waals surface area contributed by atoms with Crippen molar-refractivity contribution in [3.63, 3.8) is 0 Å². The van der Waals surface area contributed by atoms with Gasteiger partial charge in [0.15, 0.2) is 0 Å². The van der Waals surface area contributed by atoms with Crippen molar-refractivity contribution in [1.82, 2.24) is 0 Å². The van der Waals surface area contributed by atoms with Crippen molar-refractivity contribution in [3.8, 4) is 0 Å². The van der Waals surface area contributed by atoms with E-state index in [-0.39, 0.29) is 0 Å². The van der Waals surface area contributed by atoms with Crippen LogP contribution in [0.25, 0.3) is 0 Å². The van der Waals surface area contributed by atoms with E-state index < -0.39 is 0 Å². The van der Waals surface area contributed by atoms with Gasteiger partial charge in [0, 0.05) is 19.0 Å². The lowest BCUT2D eigenvalue weighted by Crippen LogP contribution is -2.09. The smallest absolute Gasteiger partial charge is 0.0499 e. The summed E-state index contributed by atoms with van der Waals surface area (Å²) in [6.45, 7) is 17.8. The molecular formula is C17H32OS. The standard InChI is InChI=1S/C15H26OS.C2H6/c1-5-7-9-14(3)12-17-13-15(4)11-16-10-8-6-2;1-2/h5,7,9,15H,1,3,6,8,10-13H2,2,4H3;1-2H3/b9-7-;. The molecular weight excluding hydrogens is 252 g/mol. The minimum Gasteiger partial charge on any atom is -0.381 e. The van der Waals surface area contributed by atoms with Gasteiger partial charge in [-0.25, -0.2) is 0 Å². The highest BCUT2D eigenvalue weighted by Gasteiger charge is 2.02. The van der Waals surface area contributed by atoms with E-state index in [0.717, 1.165) is 30.3 Å². The average Bonchev–Trinajstić information content (AvgIpc) is 2.43. The molecule has 0 aromatic carbocycles. The van der Waals surface area contributed by atoms with E-state index in [1.165, 1.54) is 12.8 Å². The molecule has 0 fully saturated rings. The molecule has 0 amide bonds. The number of thioether (sulfide) groups is 1. The highest BCUT2D eigenvalue weighted by atomic mass is 32.2. The van der Waals surface area contributed by atoms with E-state index in [1.807, 2.05) is 37.8 Å². The number of hydrogen-bond acceptors (Lipinski definition) is 2. The molecule has 112 valence electrons.